The molecule has 0 aliphatic carbocycles. The number of rotatable bonds is 6. The number of nitrogens with zero attached hydrogens (tertiary/aromatic N) is 2. The topological polar surface area (TPSA) is 80.2 Å². The van der Waals surface area contributed by atoms with E-state index >= 15 is 0 Å². The number of benzene rings is 2. The van der Waals surface area contributed by atoms with Gasteiger partial charge in [0.2, 0.25) is 0 Å². The molecule has 0 spiro atoms. The number of esters is 1. The Balaban J connectivity index is 1.67. The fraction of sp³-hybridized carbons (Fsp3) is 0.320. The van der Waals surface area contributed by atoms with Crippen molar-refractivity contribution >= 4 is 34.5 Å². The van der Waals surface area contributed by atoms with E-state index in [0.717, 1.165) is 29.4 Å². The van der Waals surface area contributed by atoms with E-state index in [1.807, 2.05) is 31.2 Å². The molecule has 33 heavy (non-hydrogen) atoms. The average molecular weight is 466 g/mol. The molecule has 2 aliphatic rings. The lowest BCUT2D eigenvalue weighted by atomic mass is 9.94. The molecule has 1 N–H and O–H groups in total. The molecular weight excluding hydrogens is 438 g/mol. The summed E-state index contributed by atoms with van der Waals surface area (Å²) in [5.74, 6) is 1.03. The van der Waals surface area contributed by atoms with Crippen LogP contribution in [0.4, 0.5) is 5.69 Å². The summed E-state index contributed by atoms with van der Waals surface area (Å²) in [5.41, 5.74) is 3.26. The molecule has 1 atom stereocenters. The Morgan fingerprint density at radius 2 is 2.03 bits per heavy atom. The van der Waals surface area contributed by atoms with Crippen molar-refractivity contribution in [3.63, 3.8) is 0 Å². The smallest absolute Gasteiger partial charge is 0.338 e. The molecule has 1 fully saturated rings. The van der Waals surface area contributed by atoms with Crippen molar-refractivity contribution in [3.8, 4) is 5.75 Å². The lowest BCUT2D eigenvalue weighted by molar-refractivity contribution is -0.139. The van der Waals surface area contributed by atoms with Crippen LogP contribution in [0.5, 0.6) is 5.75 Å². The zero-order valence-electron chi connectivity index (χ0n) is 19.0. The Bertz CT molecular complexity index is 1130. The van der Waals surface area contributed by atoms with Gasteiger partial charge in [0.15, 0.2) is 5.17 Å². The zero-order chi connectivity index (χ0) is 23.4. The molecule has 2 heterocycles. The predicted molar refractivity (Wildman–Crippen MR) is 131 cm³/mol. The van der Waals surface area contributed by atoms with Gasteiger partial charge in [-0.3, -0.25) is 4.79 Å². The summed E-state index contributed by atoms with van der Waals surface area (Å²) in [4.78, 5) is 32.6. The highest BCUT2D eigenvalue weighted by atomic mass is 32.2. The van der Waals surface area contributed by atoms with Crippen LogP contribution in [0.2, 0.25) is 0 Å². The monoisotopic (exact) mass is 465 g/mol. The quantitative estimate of drug-likeness (QED) is 0.627. The molecule has 2 aromatic carbocycles. The zero-order valence-corrected chi connectivity index (χ0v) is 19.8. The molecule has 172 valence electrons. The Kier molecular flexibility index (Phi) is 7.03. The van der Waals surface area contributed by atoms with E-state index in [-0.39, 0.29) is 17.9 Å². The second-order valence-electron chi connectivity index (χ2n) is 7.72. The van der Waals surface area contributed by atoms with E-state index in [2.05, 4.69) is 10.2 Å². The van der Waals surface area contributed by atoms with Gasteiger partial charge in [0.05, 0.1) is 31.0 Å². The van der Waals surface area contributed by atoms with E-state index in [9.17, 15) is 9.59 Å². The minimum absolute atomic E-state index is 0.234. The van der Waals surface area contributed by atoms with Crippen LogP contribution in [0.1, 0.15) is 42.2 Å². The summed E-state index contributed by atoms with van der Waals surface area (Å²) < 4.78 is 10.6. The fourth-order valence-corrected chi connectivity index (χ4v) is 5.06. The molecule has 2 aromatic rings. The number of aliphatic imine (C=N–C) groups is 1. The van der Waals surface area contributed by atoms with E-state index < -0.39 is 0 Å². The molecule has 1 amide bonds. The summed E-state index contributed by atoms with van der Waals surface area (Å²) in [6.07, 6.45) is 1.00. The molecule has 2 aliphatic heterocycles. The minimum Gasteiger partial charge on any atom is -0.497 e. The summed E-state index contributed by atoms with van der Waals surface area (Å²) in [6, 6.07) is 14.3. The lowest BCUT2D eigenvalue weighted by Gasteiger charge is -2.40. The Labute approximate surface area is 197 Å². The number of ether oxygens (including phenoxy) is 2. The van der Waals surface area contributed by atoms with E-state index in [1.165, 1.54) is 0 Å². The van der Waals surface area contributed by atoms with Crippen LogP contribution in [0, 0.1) is 0 Å². The van der Waals surface area contributed by atoms with Crippen molar-refractivity contribution in [3.05, 3.63) is 70.9 Å². The first-order chi connectivity index (χ1) is 16.0. The number of allylic oxidation sites excluding steroid dienone is 1. The maximum atomic E-state index is 12.9. The second-order valence-corrected chi connectivity index (χ2v) is 8.79. The highest BCUT2D eigenvalue weighted by molar-refractivity contribution is 8.13. The largest absolute Gasteiger partial charge is 0.497 e. The summed E-state index contributed by atoms with van der Waals surface area (Å²) in [6.45, 7) is 4.75. The number of hydrogen-bond acceptors (Lipinski definition) is 7. The Morgan fingerprint density at radius 1 is 1.21 bits per heavy atom. The molecule has 1 unspecified atom stereocenters. The fourth-order valence-electron chi connectivity index (χ4n) is 4.04. The number of fused-ring (bicyclic) bond motifs is 1. The van der Waals surface area contributed by atoms with Gasteiger partial charge in [-0.2, -0.15) is 0 Å². The van der Waals surface area contributed by atoms with Crippen LogP contribution < -0.4 is 10.1 Å². The maximum Gasteiger partial charge on any atom is 0.338 e. The normalized spacial score (nSPS) is 17.7. The van der Waals surface area contributed by atoms with Gasteiger partial charge in [0.1, 0.15) is 5.75 Å². The van der Waals surface area contributed by atoms with Crippen molar-refractivity contribution in [2.24, 2.45) is 4.99 Å². The third-order valence-corrected chi connectivity index (χ3v) is 6.62. The van der Waals surface area contributed by atoms with Gasteiger partial charge < -0.3 is 19.7 Å². The molecule has 0 aromatic heterocycles. The summed E-state index contributed by atoms with van der Waals surface area (Å²) in [5, 5.41) is 3.88. The van der Waals surface area contributed by atoms with E-state index in [4.69, 9.17) is 14.5 Å². The number of amidine groups is 1. The third-order valence-electron chi connectivity index (χ3n) is 5.55. The average Bonchev–Trinajstić information content (AvgIpc) is 2.83. The minimum atomic E-state index is -0.357. The van der Waals surface area contributed by atoms with Crippen molar-refractivity contribution < 1.29 is 19.1 Å². The van der Waals surface area contributed by atoms with Crippen LogP contribution in [-0.4, -0.2) is 48.0 Å². The van der Waals surface area contributed by atoms with Crippen molar-refractivity contribution in [2.45, 2.75) is 26.3 Å². The first kappa shape index (κ1) is 22.9. The third kappa shape index (κ3) is 4.90. The van der Waals surface area contributed by atoms with Crippen LogP contribution >= 0.6 is 11.8 Å². The van der Waals surface area contributed by atoms with Crippen LogP contribution in [-0.2, 0) is 9.53 Å². The Hall–Kier alpha value is -3.26. The van der Waals surface area contributed by atoms with Crippen molar-refractivity contribution in [2.75, 3.05) is 31.3 Å². The number of carbonyl (C=O) groups is 2. The van der Waals surface area contributed by atoms with Gasteiger partial charge in [-0.1, -0.05) is 30.0 Å². The molecular formula is C25H27N3O4S. The molecule has 0 bridgehead atoms. The van der Waals surface area contributed by atoms with Gasteiger partial charge in [-0.05, 0) is 56.2 Å². The van der Waals surface area contributed by atoms with Gasteiger partial charge in [-0.15, -0.1) is 0 Å². The molecule has 0 radical (unpaired) electrons. The molecule has 4 rings (SSSR count). The number of hydrogen-bond donors (Lipinski definition) is 1. The van der Waals surface area contributed by atoms with E-state index in [1.54, 1.807) is 50.1 Å². The number of thioether (sulfide) groups is 1. The van der Waals surface area contributed by atoms with Crippen LogP contribution in [0.15, 0.2) is 64.8 Å². The predicted octanol–water partition coefficient (Wildman–Crippen LogP) is 4.63. The van der Waals surface area contributed by atoms with Crippen molar-refractivity contribution in [1.82, 2.24) is 4.90 Å². The maximum absolute atomic E-state index is 12.9. The molecule has 8 heteroatoms. The second kappa shape index (κ2) is 10.1. The van der Waals surface area contributed by atoms with Gasteiger partial charge in [0, 0.05) is 23.5 Å². The van der Waals surface area contributed by atoms with Gasteiger partial charge >= 0.3 is 5.97 Å². The Morgan fingerprint density at radius 3 is 2.82 bits per heavy atom. The number of anilines is 1. The summed E-state index contributed by atoms with van der Waals surface area (Å²) >= 11 is 1.70. The highest BCUT2D eigenvalue weighted by Gasteiger charge is 2.37. The number of nitrogens with one attached hydrogen (secondary N) is 1. The molecule has 7 nitrogen and oxygen atoms in total. The molecule has 1 saturated heterocycles. The first-order valence-electron chi connectivity index (χ1n) is 10.9. The van der Waals surface area contributed by atoms with E-state index in [0.29, 0.717) is 34.9 Å². The van der Waals surface area contributed by atoms with Gasteiger partial charge in [0.25, 0.3) is 5.91 Å². The number of carbonyl (C=O) groups excluding carboxylic acids is 2. The van der Waals surface area contributed by atoms with Crippen LogP contribution in [0.3, 0.4) is 0 Å². The van der Waals surface area contributed by atoms with Crippen LogP contribution in [0.25, 0.3) is 0 Å². The summed E-state index contributed by atoms with van der Waals surface area (Å²) in [7, 11) is 1.57. The lowest BCUT2D eigenvalue weighted by Crippen LogP contribution is -2.42. The SMILES string of the molecule is CCOC(=O)C1=C(C)N=C2SCCCN2C1c1cccc(NC(=O)c2cccc(OC)c2)c1. The number of methoxy groups -OCH3 is 1. The standard InChI is InChI=1S/C25H27N3O4S/c1-4-32-24(30)21-16(2)26-25-28(12-7-13-33-25)22(21)17-8-5-10-19(14-17)27-23(29)18-9-6-11-20(15-18)31-3/h5-6,8-11,14-15,22H,4,7,12-13H2,1-3H3,(H,27,29). The van der Waals surface area contributed by atoms with Gasteiger partial charge in [-0.25, -0.2) is 9.79 Å². The number of amides is 1. The van der Waals surface area contributed by atoms with Crippen molar-refractivity contribution in [1.29, 1.82) is 0 Å². The highest BCUT2D eigenvalue weighted by Crippen LogP contribution is 2.40. The molecule has 0 saturated carbocycles. The first-order valence-corrected chi connectivity index (χ1v) is 11.9.